The number of benzene rings is 1. The predicted octanol–water partition coefficient (Wildman–Crippen LogP) is 5.38. The third kappa shape index (κ3) is 10.00. The van der Waals surface area contributed by atoms with Crippen LogP contribution in [0.15, 0.2) is 42.0 Å². The zero-order chi connectivity index (χ0) is 33.9. The van der Waals surface area contributed by atoms with Crippen LogP contribution in [-0.2, 0) is 28.5 Å². The summed E-state index contributed by atoms with van der Waals surface area (Å²) in [5, 5.41) is 14.3. The fourth-order valence-corrected chi connectivity index (χ4v) is 7.12. The fourth-order valence-electron chi connectivity index (χ4n) is 7.12. The first-order chi connectivity index (χ1) is 23.3. The van der Waals surface area contributed by atoms with Gasteiger partial charge in [0.25, 0.3) is 0 Å². The summed E-state index contributed by atoms with van der Waals surface area (Å²) in [4.78, 5) is 39.0. The van der Waals surface area contributed by atoms with Crippen LogP contribution in [0.25, 0.3) is 6.08 Å². The molecule has 3 unspecified atom stereocenters. The molecule has 48 heavy (non-hydrogen) atoms. The molecule has 1 aromatic carbocycles. The van der Waals surface area contributed by atoms with Gasteiger partial charge in [-0.3, -0.25) is 9.59 Å². The molecule has 0 bridgehead atoms. The quantitative estimate of drug-likeness (QED) is 0.108. The molecule has 2 saturated heterocycles. The first kappa shape index (κ1) is 36.2. The van der Waals surface area contributed by atoms with E-state index in [4.69, 9.17) is 24.1 Å². The van der Waals surface area contributed by atoms with Gasteiger partial charge in [0.05, 0.1) is 24.4 Å². The van der Waals surface area contributed by atoms with Crippen molar-refractivity contribution in [1.82, 2.24) is 10.6 Å². The summed E-state index contributed by atoms with van der Waals surface area (Å²) in [6.45, 7) is 4.48. The van der Waals surface area contributed by atoms with Crippen LogP contribution < -0.4 is 10.6 Å². The van der Waals surface area contributed by atoms with Gasteiger partial charge < -0.3 is 34.7 Å². The molecular formula is C38H54N2O8. The van der Waals surface area contributed by atoms with E-state index in [2.05, 4.69) is 36.6 Å². The third-order valence-electron chi connectivity index (χ3n) is 9.85. The van der Waals surface area contributed by atoms with E-state index in [1.807, 2.05) is 24.3 Å². The minimum atomic E-state index is -0.799. The lowest BCUT2D eigenvalue weighted by Gasteiger charge is -2.31. The lowest BCUT2D eigenvalue weighted by molar-refractivity contribution is -0.190. The molecule has 4 aliphatic rings. The van der Waals surface area contributed by atoms with Crippen molar-refractivity contribution >= 4 is 23.9 Å². The molecule has 10 nitrogen and oxygen atoms in total. The number of allylic oxidation sites excluding steroid dienone is 1. The molecule has 0 spiro atoms. The molecule has 10 heteroatoms. The first-order valence-corrected chi connectivity index (χ1v) is 18.2. The third-order valence-corrected chi connectivity index (χ3v) is 9.85. The minimum absolute atomic E-state index is 0.0848. The van der Waals surface area contributed by atoms with E-state index in [1.165, 1.54) is 0 Å². The number of unbranched alkanes of at least 4 members (excludes halogenated alkanes) is 4. The zero-order valence-corrected chi connectivity index (χ0v) is 28.6. The molecule has 264 valence electrons. The Morgan fingerprint density at radius 3 is 2.52 bits per heavy atom. The van der Waals surface area contributed by atoms with E-state index in [0.29, 0.717) is 29.3 Å². The Hall–Kier alpha value is -3.05. The lowest BCUT2D eigenvalue weighted by Crippen LogP contribution is -2.44. The number of carbonyl (C=O) groups excluding carboxylic acids is 3. The molecule has 5 rings (SSSR count). The van der Waals surface area contributed by atoms with E-state index in [0.717, 1.165) is 76.2 Å². The Morgan fingerprint density at radius 1 is 1.00 bits per heavy atom. The predicted molar refractivity (Wildman–Crippen MR) is 182 cm³/mol. The summed E-state index contributed by atoms with van der Waals surface area (Å²) in [7, 11) is 0. The highest BCUT2D eigenvalue weighted by Gasteiger charge is 2.52. The van der Waals surface area contributed by atoms with Gasteiger partial charge in [-0.15, -0.1) is 0 Å². The molecule has 2 aliphatic carbocycles. The van der Waals surface area contributed by atoms with Crippen LogP contribution in [0, 0.1) is 5.92 Å². The summed E-state index contributed by atoms with van der Waals surface area (Å²) in [6.07, 6.45) is 16.3. The van der Waals surface area contributed by atoms with Gasteiger partial charge >= 0.3 is 5.97 Å². The van der Waals surface area contributed by atoms with Crippen molar-refractivity contribution in [2.24, 2.45) is 5.92 Å². The Kier molecular flexibility index (Phi) is 13.3. The standard InChI is InChI=1S/C38H54N2O8/c1-3-5-7-17-38(18-8-6-4-2)47-33-25-29(36(43)40-19-16-34(42)39-20-21-41)24-32(35(33)48-38)46-37(44)28-11-9-10-26(22-28)12-13-27-14-15-30-31(23-27)45-30/h9-13,22,25,27,30-33,35,41H,3-8,14-21,23-24H2,1-2H3,(H,39,42)(H,40,43)/t27?,30?,31?,32-,33-,35+/m1/s1. The van der Waals surface area contributed by atoms with Gasteiger partial charge in [0.1, 0.15) is 18.3 Å². The number of epoxide rings is 1. The molecule has 1 aromatic rings. The summed E-state index contributed by atoms with van der Waals surface area (Å²) < 4.78 is 25.3. The van der Waals surface area contributed by atoms with E-state index in [9.17, 15) is 14.4 Å². The van der Waals surface area contributed by atoms with Gasteiger partial charge in [0, 0.05) is 44.3 Å². The van der Waals surface area contributed by atoms with Gasteiger partial charge in [-0.2, -0.15) is 0 Å². The average molecular weight is 667 g/mol. The van der Waals surface area contributed by atoms with E-state index in [1.54, 1.807) is 6.07 Å². The number of nitrogens with one attached hydrogen (secondary N) is 2. The van der Waals surface area contributed by atoms with E-state index >= 15 is 0 Å². The smallest absolute Gasteiger partial charge is 0.338 e. The van der Waals surface area contributed by atoms with Gasteiger partial charge in [-0.25, -0.2) is 4.79 Å². The maximum atomic E-state index is 13.7. The molecule has 2 aliphatic heterocycles. The molecule has 3 N–H and O–H groups in total. The number of hydrogen-bond donors (Lipinski definition) is 3. The second-order valence-electron chi connectivity index (χ2n) is 13.7. The van der Waals surface area contributed by atoms with Crippen LogP contribution in [-0.4, -0.2) is 78.9 Å². The maximum Gasteiger partial charge on any atom is 0.338 e. The lowest BCUT2D eigenvalue weighted by atomic mass is 9.88. The van der Waals surface area contributed by atoms with Crippen molar-refractivity contribution in [3.05, 3.63) is 53.1 Å². The van der Waals surface area contributed by atoms with Gasteiger partial charge in [-0.05, 0) is 61.8 Å². The van der Waals surface area contributed by atoms with Crippen LogP contribution in [0.3, 0.4) is 0 Å². The second kappa shape index (κ2) is 17.6. The van der Waals surface area contributed by atoms with Crippen molar-refractivity contribution in [1.29, 1.82) is 0 Å². The average Bonchev–Trinajstić information content (AvgIpc) is 3.77. The largest absolute Gasteiger partial charge is 0.456 e. The second-order valence-corrected chi connectivity index (χ2v) is 13.7. The van der Waals surface area contributed by atoms with Crippen molar-refractivity contribution in [2.75, 3.05) is 19.7 Å². The van der Waals surface area contributed by atoms with Gasteiger partial charge in [0.15, 0.2) is 5.79 Å². The molecule has 2 heterocycles. The highest BCUT2D eigenvalue weighted by Crippen LogP contribution is 2.43. The van der Waals surface area contributed by atoms with Crippen LogP contribution in [0.5, 0.6) is 0 Å². The summed E-state index contributed by atoms with van der Waals surface area (Å²) >= 11 is 0. The zero-order valence-electron chi connectivity index (χ0n) is 28.6. The van der Waals surface area contributed by atoms with Crippen LogP contribution in [0.2, 0.25) is 0 Å². The molecule has 2 amide bonds. The Labute approximate surface area is 285 Å². The summed E-state index contributed by atoms with van der Waals surface area (Å²) in [5.41, 5.74) is 1.81. The fraction of sp³-hybridized carbons (Fsp3) is 0.658. The van der Waals surface area contributed by atoms with Crippen LogP contribution >= 0.6 is 0 Å². The number of rotatable bonds is 18. The SMILES string of the molecule is CCCCCC1(CCCCC)O[C@@H]2[C@@H](C=C(C(=O)NCCC(=O)NCCO)C[C@H]2OC(=O)c2cccc(C=CC3CCC4OC4C3)c2)O1. The number of aliphatic hydroxyl groups is 1. The van der Waals surface area contributed by atoms with E-state index < -0.39 is 30.1 Å². The highest BCUT2D eigenvalue weighted by atomic mass is 16.8. The molecule has 3 fully saturated rings. The summed E-state index contributed by atoms with van der Waals surface area (Å²) in [5.74, 6) is -1.38. The van der Waals surface area contributed by atoms with Crippen LogP contribution in [0.1, 0.15) is 113 Å². The number of hydrogen-bond acceptors (Lipinski definition) is 8. The molecular weight excluding hydrogens is 612 g/mol. The maximum absolute atomic E-state index is 13.7. The first-order valence-electron chi connectivity index (χ1n) is 18.2. The van der Waals surface area contributed by atoms with Crippen molar-refractivity contribution in [3.8, 4) is 0 Å². The monoisotopic (exact) mass is 666 g/mol. The Bertz CT molecular complexity index is 1300. The molecule has 1 saturated carbocycles. The number of aliphatic hydroxyl groups excluding tert-OH is 1. The Morgan fingerprint density at radius 2 is 1.79 bits per heavy atom. The number of amides is 2. The van der Waals surface area contributed by atoms with Gasteiger partial charge in [0.2, 0.25) is 11.8 Å². The van der Waals surface area contributed by atoms with E-state index in [-0.39, 0.29) is 44.4 Å². The van der Waals surface area contributed by atoms with Gasteiger partial charge in [-0.1, -0.05) is 63.8 Å². The van der Waals surface area contributed by atoms with Crippen molar-refractivity contribution in [2.45, 2.75) is 134 Å². The minimum Gasteiger partial charge on any atom is -0.456 e. The molecule has 6 atom stereocenters. The number of esters is 1. The highest BCUT2D eigenvalue weighted by molar-refractivity contribution is 5.94. The summed E-state index contributed by atoms with van der Waals surface area (Å²) in [6, 6.07) is 7.43. The molecule has 0 radical (unpaired) electrons. The topological polar surface area (TPSA) is 136 Å². The van der Waals surface area contributed by atoms with Crippen LogP contribution in [0.4, 0.5) is 0 Å². The van der Waals surface area contributed by atoms with Crippen molar-refractivity contribution in [3.63, 3.8) is 0 Å². The Balaban J connectivity index is 1.29. The van der Waals surface area contributed by atoms with Crippen molar-refractivity contribution < 1.29 is 38.4 Å². The number of carbonyl (C=O) groups is 3. The number of ether oxygens (including phenoxy) is 4. The number of fused-ring (bicyclic) bond motifs is 2. The molecule has 0 aromatic heterocycles. The normalized spacial score (nSPS) is 27.1.